The normalized spacial score (nSPS) is 17.5. The second-order valence-electron chi connectivity index (χ2n) is 4.54. The Labute approximate surface area is 142 Å². The van der Waals surface area contributed by atoms with Gasteiger partial charge in [0.25, 0.3) is 0 Å². The summed E-state index contributed by atoms with van der Waals surface area (Å²) in [6.45, 7) is 2.68. The van der Waals surface area contributed by atoms with Crippen molar-refractivity contribution < 1.29 is 13.2 Å². The largest absolute Gasteiger partial charge is 0.390 e. The molecule has 122 valence electrons. The van der Waals surface area contributed by atoms with Gasteiger partial charge in [0.15, 0.2) is 0 Å². The van der Waals surface area contributed by atoms with Gasteiger partial charge >= 0.3 is 6.18 Å². The summed E-state index contributed by atoms with van der Waals surface area (Å²) < 4.78 is 38.9. The van der Waals surface area contributed by atoms with E-state index < -0.39 is 18.6 Å². The van der Waals surface area contributed by atoms with E-state index in [4.69, 9.17) is 0 Å². The quantitative estimate of drug-likeness (QED) is 0.772. The molecule has 1 aliphatic heterocycles. The van der Waals surface area contributed by atoms with Crippen molar-refractivity contribution in [2.24, 2.45) is 0 Å². The monoisotopic (exact) mass is 409 g/mol. The van der Waals surface area contributed by atoms with Gasteiger partial charge in [-0.15, -0.1) is 24.8 Å². The number of alkyl halides is 3. The van der Waals surface area contributed by atoms with Crippen molar-refractivity contribution in [2.45, 2.75) is 18.6 Å². The van der Waals surface area contributed by atoms with Crippen LogP contribution >= 0.6 is 40.7 Å². The first-order valence-electron chi connectivity index (χ1n) is 6.09. The molecule has 0 aliphatic carbocycles. The van der Waals surface area contributed by atoms with E-state index in [-0.39, 0.29) is 24.8 Å². The molecule has 9 heteroatoms. The SMILES string of the molecule is Cl.Cl.FC(F)(F)C[C@H](c1ccc(Br)nc1)N1CCNCC1. The third kappa shape index (κ3) is 6.69. The zero-order valence-electron chi connectivity index (χ0n) is 11.1. The summed E-state index contributed by atoms with van der Waals surface area (Å²) in [7, 11) is 0. The van der Waals surface area contributed by atoms with Crippen LogP contribution in [0.3, 0.4) is 0 Å². The van der Waals surface area contributed by atoms with E-state index in [0.717, 1.165) is 13.1 Å². The zero-order chi connectivity index (χ0) is 13.9. The van der Waals surface area contributed by atoms with E-state index in [1.807, 2.05) is 4.90 Å². The summed E-state index contributed by atoms with van der Waals surface area (Å²) in [6, 6.07) is 2.74. The number of nitrogens with one attached hydrogen (secondary N) is 1. The van der Waals surface area contributed by atoms with Gasteiger partial charge in [-0.2, -0.15) is 13.2 Å². The number of hydrogen-bond acceptors (Lipinski definition) is 3. The van der Waals surface area contributed by atoms with Crippen LogP contribution in [0.4, 0.5) is 13.2 Å². The maximum atomic E-state index is 12.8. The maximum Gasteiger partial charge on any atom is 0.390 e. The van der Waals surface area contributed by atoms with E-state index in [1.165, 1.54) is 6.20 Å². The van der Waals surface area contributed by atoms with Crippen LogP contribution in [-0.2, 0) is 0 Å². The van der Waals surface area contributed by atoms with E-state index in [2.05, 4.69) is 26.2 Å². The molecule has 1 aromatic heterocycles. The lowest BCUT2D eigenvalue weighted by molar-refractivity contribution is -0.148. The molecule has 0 unspecified atom stereocenters. The first-order chi connectivity index (χ1) is 8.96. The van der Waals surface area contributed by atoms with Gasteiger partial charge in [0.05, 0.1) is 6.42 Å². The van der Waals surface area contributed by atoms with Crippen molar-refractivity contribution in [3.8, 4) is 0 Å². The minimum Gasteiger partial charge on any atom is -0.314 e. The fraction of sp³-hybridized carbons (Fsp3) is 0.583. The number of halogens is 6. The van der Waals surface area contributed by atoms with E-state index in [9.17, 15) is 13.2 Å². The second-order valence-corrected chi connectivity index (χ2v) is 5.35. The summed E-state index contributed by atoms with van der Waals surface area (Å²) in [6.07, 6.45) is -3.50. The topological polar surface area (TPSA) is 28.2 Å². The summed E-state index contributed by atoms with van der Waals surface area (Å²) in [5.74, 6) is 0. The molecule has 3 nitrogen and oxygen atoms in total. The standard InChI is InChI=1S/C12H15BrF3N3.2ClH/c13-11-2-1-9(8-18-11)10(7-12(14,15)16)19-5-3-17-4-6-19;;/h1-2,8,10,17H,3-7H2;2*1H/t10-;;/m1../s1. The molecule has 0 amide bonds. The Morgan fingerprint density at radius 1 is 1.24 bits per heavy atom. The fourth-order valence-electron chi connectivity index (χ4n) is 2.26. The molecule has 1 saturated heterocycles. The molecule has 0 bridgehead atoms. The van der Waals surface area contributed by atoms with Gasteiger partial charge in [0.1, 0.15) is 4.60 Å². The lowest BCUT2D eigenvalue weighted by atomic mass is 10.0. The van der Waals surface area contributed by atoms with E-state index in [1.54, 1.807) is 12.1 Å². The summed E-state index contributed by atoms with van der Waals surface area (Å²) in [5, 5.41) is 3.15. The van der Waals surface area contributed by atoms with Crippen molar-refractivity contribution in [2.75, 3.05) is 26.2 Å². The number of pyridine rings is 1. The Morgan fingerprint density at radius 2 is 1.86 bits per heavy atom. The molecule has 2 heterocycles. The molecule has 0 radical (unpaired) electrons. The van der Waals surface area contributed by atoms with Crippen LogP contribution in [0.1, 0.15) is 18.0 Å². The van der Waals surface area contributed by atoms with Crippen molar-refractivity contribution >= 4 is 40.7 Å². The van der Waals surface area contributed by atoms with Gasteiger partial charge in [-0.1, -0.05) is 6.07 Å². The highest BCUT2D eigenvalue weighted by molar-refractivity contribution is 9.10. The lowest BCUT2D eigenvalue weighted by Crippen LogP contribution is -2.46. The molecule has 1 N–H and O–H groups in total. The first-order valence-corrected chi connectivity index (χ1v) is 6.88. The molecule has 1 aliphatic rings. The number of aromatic nitrogens is 1. The van der Waals surface area contributed by atoms with E-state index in [0.29, 0.717) is 23.3 Å². The molecule has 0 spiro atoms. The highest BCUT2D eigenvalue weighted by Gasteiger charge is 2.36. The molecular formula is C12H17BrCl2F3N3. The van der Waals surface area contributed by atoms with Crippen LogP contribution in [0.15, 0.2) is 22.9 Å². The number of rotatable bonds is 3. The Bertz CT molecular complexity index is 411. The second kappa shape index (κ2) is 9.15. The predicted molar refractivity (Wildman–Crippen MR) is 84.3 cm³/mol. The van der Waals surface area contributed by atoms with Crippen LogP contribution in [0.25, 0.3) is 0 Å². The molecule has 0 saturated carbocycles. The zero-order valence-corrected chi connectivity index (χ0v) is 14.3. The smallest absolute Gasteiger partial charge is 0.314 e. The van der Waals surface area contributed by atoms with Gasteiger partial charge in [-0.25, -0.2) is 4.98 Å². The van der Waals surface area contributed by atoms with E-state index >= 15 is 0 Å². The molecule has 21 heavy (non-hydrogen) atoms. The third-order valence-corrected chi connectivity index (χ3v) is 3.62. The third-order valence-electron chi connectivity index (χ3n) is 3.15. The van der Waals surface area contributed by atoms with Crippen LogP contribution in [0.5, 0.6) is 0 Å². The predicted octanol–water partition coefficient (Wildman–Crippen LogP) is 3.59. The first kappa shape index (κ1) is 20.9. The fourth-order valence-corrected chi connectivity index (χ4v) is 2.49. The van der Waals surface area contributed by atoms with Gasteiger partial charge in [-0.05, 0) is 27.6 Å². The summed E-state index contributed by atoms with van der Waals surface area (Å²) in [5.41, 5.74) is 0.613. The lowest BCUT2D eigenvalue weighted by Gasteiger charge is -2.35. The summed E-state index contributed by atoms with van der Waals surface area (Å²) in [4.78, 5) is 5.90. The maximum absolute atomic E-state index is 12.8. The van der Waals surface area contributed by atoms with Crippen LogP contribution < -0.4 is 5.32 Å². The van der Waals surface area contributed by atoms with Crippen LogP contribution in [0, 0.1) is 0 Å². The molecule has 1 atom stereocenters. The van der Waals surface area contributed by atoms with Gasteiger partial charge in [-0.3, -0.25) is 4.90 Å². The minimum atomic E-state index is -4.18. The molecule has 2 rings (SSSR count). The Hall–Kier alpha value is -0.0800. The van der Waals surface area contributed by atoms with Crippen molar-refractivity contribution in [3.63, 3.8) is 0 Å². The highest BCUT2D eigenvalue weighted by Crippen LogP contribution is 2.33. The molecule has 1 fully saturated rings. The Morgan fingerprint density at radius 3 is 2.33 bits per heavy atom. The molecular weight excluding hydrogens is 394 g/mol. The van der Waals surface area contributed by atoms with Crippen molar-refractivity contribution in [3.05, 3.63) is 28.5 Å². The average Bonchev–Trinajstić information content (AvgIpc) is 2.37. The molecule has 0 aromatic carbocycles. The van der Waals surface area contributed by atoms with Gasteiger partial charge in [0, 0.05) is 38.4 Å². The number of piperazine rings is 1. The minimum absolute atomic E-state index is 0. The Kier molecular flexibility index (Phi) is 9.11. The summed E-state index contributed by atoms with van der Waals surface area (Å²) >= 11 is 3.20. The van der Waals surface area contributed by atoms with Gasteiger partial charge in [0.2, 0.25) is 0 Å². The van der Waals surface area contributed by atoms with Crippen molar-refractivity contribution in [1.82, 2.24) is 15.2 Å². The Balaban J connectivity index is 0.00000200. The number of nitrogens with zero attached hydrogens (tertiary/aromatic N) is 2. The number of hydrogen-bond donors (Lipinski definition) is 1. The highest BCUT2D eigenvalue weighted by atomic mass is 79.9. The van der Waals surface area contributed by atoms with Crippen LogP contribution in [0.2, 0.25) is 0 Å². The van der Waals surface area contributed by atoms with Crippen molar-refractivity contribution in [1.29, 1.82) is 0 Å². The average molecular weight is 411 g/mol. The van der Waals surface area contributed by atoms with Gasteiger partial charge < -0.3 is 5.32 Å². The van der Waals surface area contributed by atoms with Crippen LogP contribution in [-0.4, -0.2) is 42.2 Å². The molecule has 1 aromatic rings.